The first-order valence-corrected chi connectivity index (χ1v) is 10.2. The van der Waals surface area contributed by atoms with Gasteiger partial charge >= 0.3 is 0 Å². The van der Waals surface area contributed by atoms with Crippen molar-refractivity contribution < 1.29 is 14.0 Å². The lowest BCUT2D eigenvalue weighted by Crippen LogP contribution is -2.11. The monoisotopic (exact) mass is 422 g/mol. The molecule has 1 amide bonds. The number of benzene rings is 4. The zero-order valence-electron chi connectivity index (χ0n) is 17.1. The van der Waals surface area contributed by atoms with Crippen LogP contribution in [0.4, 0.5) is 4.39 Å². The van der Waals surface area contributed by atoms with Crippen molar-refractivity contribution in [3.8, 4) is 0 Å². The summed E-state index contributed by atoms with van der Waals surface area (Å²) in [7, 11) is 0. The van der Waals surface area contributed by atoms with Gasteiger partial charge in [-0.2, -0.15) is 0 Å². The largest absolute Gasteiger partial charge is 0.366 e. The van der Waals surface area contributed by atoms with E-state index in [0.29, 0.717) is 34.1 Å². The van der Waals surface area contributed by atoms with Crippen molar-refractivity contribution in [3.63, 3.8) is 0 Å². The van der Waals surface area contributed by atoms with Crippen LogP contribution in [0.25, 0.3) is 21.8 Å². The Balaban J connectivity index is 1.72. The van der Waals surface area contributed by atoms with Gasteiger partial charge in [0.05, 0.1) is 11.0 Å². The molecule has 0 unspecified atom stereocenters. The molecule has 0 aliphatic heterocycles. The molecule has 1 aromatic heterocycles. The fraction of sp³-hybridized carbons (Fsp3) is 0.0370. The highest BCUT2D eigenvalue weighted by Gasteiger charge is 2.19. The van der Waals surface area contributed by atoms with Crippen LogP contribution in [0, 0.1) is 5.82 Å². The molecular formula is C27H19FN2O2. The molecule has 0 spiro atoms. The summed E-state index contributed by atoms with van der Waals surface area (Å²) in [5.41, 5.74) is 9.37. The van der Waals surface area contributed by atoms with Gasteiger partial charge in [-0.15, -0.1) is 0 Å². The molecule has 0 saturated heterocycles. The smallest absolute Gasteiger partial charge is 0.249 e. The molecule has 0 radical (unpaired) electrons. The number of primary amides is 1. The summed E-state index contributed by atoms with van der Waals surface area (Å²) in [6.45, 7) is 0.334. The van der Waals surface area contributed by atoms with Gasteiger partial charge in [-0.25, -0.2) is 4.39 Å². The average molecular weight is 422 g/mol. The van der Waals surface area contributed by atoms with Gasteiger partial charge in [0.1, 0.15) is 5.82 Å². The molecule has 156 valence electrons. The van der Waals surface area contributed by atoms with E-state index in [4.69, 9.17) is 5.73 Å². The van der Waals surface area contributed by atoms with E-state index in [9.17, 15) is 14.0 Å². The summed E-state index contributed by atoms with van der Waals surface area (Å²) in [6, 6.07) is 26.3. The Morgan fingerprint density at radius 3 is 2.28 bits per heavy atom. The highest BCUT2D eigenvalue weighted by atomic mass is 19.1. The van der Waals surface area contributed by atoms with Gasteiger partial charge in [0.15, 0.2) is 5.78 Å². The number of hydrogen-bond acceptors (Lipinski definition) is 2. The van der Waals surface area contributed by atoms with E-state index in [2.05, 4.69) is 0 Å². The lowest BCUT2D eigenvalue weighted by molar-refractivity contribution is 0.1000. The highest BCUT2D eigenvalue weighted by molar-refractivity contribution is 6.18. The second kappa shape index (κ2) is 7.78. The van der Waals surface area contributed by atoms with Crippen LogP contribution in [0.5, 0.6) is 0 Å². The van der Waals surface area contributed by atoms with E-state index < -0.39 is 5.91 Å². The summed E-state index contributed by atoms with van der Waals surface area (Å²) in [5, 5.41) is 1.42. The van der Waals surface area contributed by atoms with Crippen LogP contribution < -0.4 is 5.73 Å². The molecule has 32 heavy (non-hydrogen) atoms. The Kier molecular flexibility index (Phi) is 4.79. The highest BCUT2D eigenvalue weighted by Crippen LogP contribution is 2.33. The molecule has 5 rings (SSSR count). The van der Waals surface area contributed by atoms with Crippen molar-refractivity contribution in [2.24, 2.45) is 5.73 Å². The molecule has 5 heteroatoms. The number of ketones is 1. The third-order valence-electron chi connectivity index (χ3n) is 5.75. The van der Waals surface area contributed by atoms with E-state index in [1.54, 1.807) is 36.4 Å². The number of nitrogens with zero attached hydrogens (tertiary/aromatic N) is 1. The van der Waals surface area contributed by atoms with Crippen molar-refractivity contribution >= 4 is 33.5 Å². The van der Waals surface area contributed by atoms with Crippen molar-refractivity contribution in [3.05, 3.63) is 119 Å². The zero-order valence-corrected chi connectivity index (χ0v) is 17.1. The minimum Gasteiger partial charge on any atom is -0.366 e. The summed E-state index contributed by atoms with van der Waals surface area (Å²) in [6.07, 6.45) is 0. The van der Waals surface area contributed by atoms with Crippen LogP contribution >= 0.6 is 0 Å². The van der Waals surface area contributed by atoms with Gasteiger partial charge in [-0.05, 0) is 35.9 Å². The predicted octanol–water partition coefficient (Wildman–Crippen LogP) is 5.31. The Morgan fingerprint density at radius 2 is 1.50 bits per heavy atom. The van der Waals surface area contributed by atoms with Crippen LogP contribution in [0.2, 0.25) is 0 Å². The molecule has 0 bridgehead atoms. The van der Waals surface area contributed by atoms with Crippen molar-refractivity contribution in [1.29, 1.82) is 0 Å². The number of rotatable bonds is 5. The summed E-state index contributed by atoms with van der Waals surface area (Å²) in [5.74, 6) is -1.000. The predicted molar refractivity (Wildman–Crippen MR) is 123 cm³/mol. The summed E-state index contributed by atoms with van der Waals surface area (Å²) in [4.78, 5) is 25.3. The standard InChI is InChI=1S/C27H19FN2O2/c28-19-13-14-21-24(15-19)30(23-12-6-11-22(25(21)23)27(29)32)16-18-9-4-5-10-20(18)26(31)17-7-2-1-3-8-17/h1-15H,16H2,(H2,29,32). The van der Waals surface area contributed by atoms with Gasteiger partial charge in [0.25, 0.3) is 0 Å². The maximum atomic E-state index is 14.2. The molecule has 4 aromatic carbocycles. The van der Waals surface area contributed by atoms with E-state index >= 15 is 0 Å². The van der Waals surface area contributed by atoms with Crippen molar-refractivity contribution in [2.75, 3.05) is 0 Å². The first-order valence-electron chi connectivity index (χ1n) is 10.2. The topological polar surface area (TPSA) is 65.1 Å². The zero-order chi connectivity index (χ0) is 22.2. The minimum atomic E-state index is -0.543. The van der Waals surface area contributed by atoms with Crippen LogP contribution in [-0.4, -0.2) is 16.3 Å². The Labute approximate surface area is 183 Å². The molecular weight excluding hydrogens is 403 g/mol. The average Bonchev–Trinajstić information content (AvgIpc) is 3.12. The molecule has 4 nitrogen and oxygen atoms in total. The van der Waals surface area contributed by atoms with Crippen LogP contribution in [0.15, 0.2) is 91.0 Å². The number of aromatic nitrogens is 1. The first kappa shape index (κ1) is 19.7. The number of nitrogens with two attached hydrogens (primary N) is 1. The SMILES string of the molecule is NC(=O)c1cccc2c1c1ccc(F)cc1n2Cc1ccccc1C(=O)c1ccccc1. The van der Waals surface area contributed by atoms with Gasteiger partial charge in [-0.1, -0.05) is 60.7 Å². The second-order valence-corrected chi connectivity index (χ2v) is 7.66. The molecule has 0 aliphatic carbocycles. The van der Waals surface area contributed by atoms with Crippen LogP contribution in [0.3, 0.4) is 0 Å². The third-order valence-corrected chi connectivity index (χ3v) is 5.75. The van der Waals surface area contributed by atoms with Crippen molar-refractivity contribution in [1.82, 2.24) is 4.57 Å². The quantitative estimate of drug-likeness (QED) is 0.390. The van der Waals surface area contributed by atoms with E-state index in [1.807, 2.05) is 47.0 Å². The van der Waals surface area contributed by atoms with Gasteiger partial charge in [0, 0.05) is 34.0 Å². The molecule has 0 fully saturated rings. The molecule has 0 saturated carbocycles. The van der Waals surface area contributed by atoms with E-state index in [1.165, 1.54) is 12.1 Å². The lowest BCUT2D eigenvalue weighted by atomic mass is 9.98. The summed E-state index contributed by atoms with van der Waals surface area (Å²) >= 11 is 0. The molecule has 2 N–H and O–H groups in total. The van der Waals surface area contributed by atoms with Crippen LogP contribution in [-0.2, 0) is 6.54 Å². The fourth-order valence-electron chi connectivity index (χ4n) is 4.29. The lowest BCUT2D eigenvalue weighted by Gasteiger charge is -2.12. The van der Waals surface area contributed by atoms with E-state index in [-0.39, 0.29) is 11.6 Å². The molecule has 1 heterocycles. The number of hydrogen-bond donors (Lipinski definition) is 1. The number of amides is 1. The summed E-state index contributed by atoms with van der Waals surface area (Å²) < 4.78 is 16.1. The normalized spacial score (nSPS) is 11.2. The second-order valence-electron chi connectivity index (χ2n) is 7.66. The number of carbonyl (C=O) groups is 2. The Bertz CT molecular complexity index is 1500. The van der Waals surface area contributed by atoms with Gasteiger partial charge < -0.3 is 10.3 Å². The maximum absolute atomic E-state index is 14.2. The Morgan fingerprint density at radius 1 is 0.781 bits per heavy atom. The maximum Gasteiger partial charge on any atom is 0.249 e. The van der Waals surface area contributed by atoms with Crippen molar-refractivity contribution in [2.45, 2.75) is 6.54 Å². The number of fused-ring (bicyclic) bond motifs is 3. The third kappa shape index (κ3) is 3.24. The molecule has 0 atom stereocenters. The van der Waals surface area contributed by atoms with Gasteiger partial charge in [-0.3, -0.25) is 9.59 Å². The van der Waals surface area contributed by atoms with Gasteiger partial charge in [0.2, 0.25) is 5.91 Å². The molecule has 5 aromatic rings. The van der Waals surface area contributed by atoms with E-state index in [0.717, 1.165) is 16.5 Å². The fourth-order valence-corrected chi connectivity index (χ4v) is 4.29. The number of carbonyl (C=O) groups excluding carboxylic acids is 2. The van der Waals surface area contributed by atoms with Crippen LogP contribution in [0.1, 0.15) is 31.8 Å². The number of halogens is 1. The molecule has 0 aliphatic rings. The first-order chi connectivity index (χ1) is 15.5. The Hall–Kier alpha value is -4.25. The minimum absolute atomic E-state index is 0.0778.